The molecule has 0 bridgehead atoms. The third-order valence-corrected chi connectivity index (χ3v) is 4.33. The van der Waals surface area contributed by atoms with Gasteiger partial charge in [0.2, 0.25) is 0 Å². The van der Waals surface area contributed by atoms with Crippen molar-refractivity contribution in [3.63, 3.8) is 0 Å². The average molecular weight is 324 g/mol. The molecule has 0 aliphatic heterocycles. The topological polar surface area (TPSA) is 60.6 Å². The SMILES string of the molecule is Cc1cnn([C@H](C)[C@H](C)NCc2cn(C)nc2-c2cccnc2)c1. The van der Waals surface area contributed by atoms with Gasteiger partial charge < -0.3 is 5.32 Å². The summed E-state index contributed by atoms with van der Waals surface area (Å²) < 4.78 is 3.86. The summed E-state index contributed by atoms with van der Waals surface area (Å²) in [5, 5.41) is 12.6. The minimum atomic E-state index is 0.275. The molecule has 3 rings (SSSR count). The molecule has 0 aliphatic rings. The Kier molecular flexibility index (Phi) is 4.76. The number of nitrogens with one attached hydrogen (secondary N) is 1. The molecule has 0 fully saturated rings. The van der Waals surface area contributed by atoms with E-state index in [0.717, 1.165) is 17.8 Å². The summed E-state index contributed by atoms with van der Waals surface area (Å²) in [5.41, 5.74) is 4.37. The van der Waals surface area contributed by atoms with Crippen molar-refractivity contribution in [1.29, 1.82) is 0 Å². The molecule has 126 valence electrons. The van der Waals surface area contributed by atoms with Crippen LogP contribution in [0, 0.1) is 6.92 Å². The van der Waals surface area contributed by atoms with E-state index in [2.05, 4.69) is 53.7 Å². The highest BCUT2D eigenvalue weighted by molar-refractivity contribution is 5.61. The van der Waals surface area contributed by atoms with Crippen LogP contribution in [0.3, 0.4) is 0 Å². The normalized spacial score (nSPS) is 13.8. The number of aromatic nitrogens is 5. The van der Waals surface area contributed by atoms with Crippen molar-refractivity contribution in [2.45, 2.75) is 39.4 Å². The van der Waals surface area contributed by atoms with E-state index in [1.807, 2.05) is 40.9 Å². The van der Waals surface area contributed by atoms with E-state index in [9.17, 15) is 0 Å². The van der Waals surface area contributed by atoms with Crippen LogP contribution in [0.4, 0.5) is 0 Å². The number of aryl methyl sites for hydroxylation is 2. The second-order valence-electron chi connectivity index (χ2n) is 6.33. The highest BCUT2D eigenvalue weighted by atomic mass is 15.3. The molecule has 3 aromatic rings. The molecule has 0 unspecified atom stereocenters. The van der Waals surface area contributed by atoms with E-state index in [-0.39, 0.29) is 12.1 Å². The van der Waals surface area contributed by atoms with Crippen LogP contribution < -0.4 is 5.32 Å². The molecule has 0 amide bonds. The van der Waals surface area contributed by atoms with Crippen LogP contribution in [0.25, 0.3) is 11.3 Å². The van der Waals surface area contributed by atoms with Crippen molar-refractivity contribution in [3.05, 3.63) is 54.2 Å². The van der Waals surface area contributed by atoms with Crippen molar-refractivity contribution in [1.82, 2.24) is 29.9 Å². The lowest BCUT2D eigenvalue weighted by Crippen LogP contribution is -2.33. The summed E-state index contributed by atoms with van der Waals surface area (Å²) in [6, 6.07) is 4.53. The van der Waals surface area contributed by atoms with Gasteiger partial charge >= 0.3 is 0 Å². The molecular formula is C18H24N6. The highest BCUT2D eigenvalue weighted by Crippen LogP contribution is 2.21. The van der Waals surface area contributed by atoms with Gasteiger partial charge in [-0.15, -0.1) is 0 Å². The molecule has 24 heavy (non-hydrogen) atoms. The molecule has 0 spiro atoms. The van der Waals surface area contributed by atoms with Gasteiger partial charge in [-0.3, -0.25) is 14.3 Å². The Hall–Kier alpha value is -2.47. The fraction of sp³-hybridized carbons (Fsp3) is 0.389. The molecule has 0 saturated carbocycles. The zero-order chi connectivity index (χ0) is 17.1. The van der Waals surface area contributed by atoms with E-state index >= 15 is 0 Å². The Morgan fingerprint density at radius 1 is 1.21 bits per heavy atom. The zero-order valence-corrected chi connectivity index (χ0v) is 14.6. The smallest absolute Gasteiger partial charge is 0.0983 e. The number of pyridine rings is 1. The van der Waals surface area contributed by atoms with Gasteiger partial charge in [0, 0.05) is 55.5 Å². The standard InChI is InChI=1S/C18H24N6/c1-13-8-21-24(11-13)15(3)14(2)20-10-17-12-23(4)22-18(17)16-6-5-7-19-9-16/h5-9,11-12,14-15,20H,10H2,1-4H3/t14-,15+/m0/s1. The van der Waals surface area contributed by atoms with Gasteiger partial charge in [0.05, 0.1) is 17.9 Å². The maximum absolute atomic E-state index is 4.58. The maximum atomic E-state index is 4.58. The second-order valence-corrected chi connectivity index (χ2v) is 6.33. The summed E-state index contributed by atoms with van der Waals surface area (Å²) in [5.74, 6) is 0. The number of hydrogen-bond donors (Lipinski definition) is 1. The van der Waals surface area contributed by atoms with E-state index in [1.165, 1.54) is 11.1 Å². The summed E-state index contributed by atoms with van der Waals surface area (Å²) in [7, 11) is 1.95. The molecule has 6 heteroatoms. The number of nitrogens with zero attached hydrogens (tertiary/aromatic N) is 5. The Morgan fingerprint density at radius 2 is 2.04 bits per heavy atom. The summed E-state index contributed by atoms with van der Waals surface area (Å²) in [6.45, 7) is 7.17. The van der Waals surface area contributed by atoms with Crippen molar-refractivity contribution in [2.24, 2.45) is 7.05 Å². The van der Waals surface area contributed by atoms with Crippen molar-refractivity contribution in [3.8, 4) is 11.3 Å². The third-order valence-electron chi connectivity index (χ3n) is 4.33. The van der Waals surface area contributed by atoms with Crippen LogP contribution in [0.2, 0.25) is 0 Å². The maximum Gasteiger partial charge on any atom is 0.0983 e. The van der Waals surface area contributed by atoms with E-state index in [0.29, 0.717) is 0 Å². The fourth-order valence-electron chi connectivity index (χ4n) is 2.74. The Bertz CT molecular complexity index is 789. The van der Waals surface area contributed by atoms with Gasteiger partial charge in [0.15, 0.2) is 0 Å². The highest BCUT2D eigenvalue weighted by Gasteiger charge is 2.16. The van der Waals surface area contributed by atoms with Crippen LogP contribution in [-0.2, 0) is 13.6 Å². The summed E-state index contributed by atoms with van der Waals surface area (Å²) in [4.78, 5) is 4.20. The van der Waals surface area contributed by atoms with Crippen LogP contribution in [0.5, 0.6) is 0 Å². The Labute approximate surface area is 142 Å². The molecular weight excluding hydrogens is 300 g/mol. The fourth-order valence-corrected chi connectivity index (χ4v) is 2.74. The predicted octanol–water partition coefficient (Wildman–Crippen LogP) is 2.73. The predicted molar refractivity (Wildman–Crippen MR) is 94.4 cm³/mol. The molecule has 3 heterocycles. The molecule has 0 radical (unpaired) electrons. The van der Waals surface area contributed by atoms with Gasteiger partial charge in [0.25, 0.3) is 0 Å². The number of hydrogen-bond acceptors (Lipinski definition) is 4. The largest absolute Gasteiger partial charge is 0.308 e. The first-order valence-electron chi connectivity index (χ1n) is 8.21. The lowest BCUT2D eigenvalue weighted by Gasteiger charge is -2.21. The van der Waals surface area contributed by atoms with Crippen LogP contribution in [0.15, 0.2) is 43.1 Å². The zero-order valence-electron chi connectivity index (χ0n) is 14.6. The first-order chi connectivity index (χ1) is 11.5. The van der Waals surface area contributed by atoms with Gasteiger partial charge in [-0.1, -0.05) is 0 Å². The lowest BCUT2D eigenvalue weighted by molar-refractivity contribution is 0.365. The molecule has 2 atom stereocenters. The van der Waals surface area contributed by atoms with Crippen molar-refractivity contribution in [2.75, 3.05) is 0 Å². The minimum Gasteiger partial charge on any atom is -0.308 e. The van der Waals surface area contributed by atoms with Gasteiger partial charge in [-0.2, -0.15) is 10.2 Å². The monoisotopic (exact) mass is 324 g/mol. The van der Waals surface area contributed by atoms with Crippen molar-refractivity contribution >= 4 is 0 Å². The molecule has 1 N–H and O–H groups in total. The molecule has 0 saturated heterocycles. The van der Waals surface area contributed by atoms with E-state index < -0.39 is 0 Å². The third kappa shape index (κ3) is 3.54. The molecule has 0 aromatic carbocycles. The van der Waals surface area contributed by atoms with E-state index in [4.69, 9.17) is 0 Å². The number of rotatable bonds is 6. The first-order valence-corrected chi connectivity index (χ1v) is 8.21. The summed E-state index contributed by atoms with van der Waals surface area (Å²) >= 11 is 0. The van der Waals surface area contributed by atoms with Gasteiger partial charge in [0.1, 0.15) is 0 Å². The first kappa shape index (κ1) is 16.4. The summed E-state index contributed by atoms with van der Waals surface area (Å²) in [6.07, 6.45) is 9.66. The quantitative estimate of drug-likeness (QED) is 0.757. The van der Waals surface area contributed by atoms with E-state index in [1.54, 1.807) is 6.20 Å². The lowest BCUT2D eigenvalue weighted by atomic mass is 10.1. The van der Waals surface area contributed by atoms with Gasteiger partial charge in [-0.05, 0) is 38.5 Å². The Balaban J connectivity index is 1.71. The van der Waals surface area contributed by atoms with Crippen LogP contribution >= 0.6 is 0 Å². The van der Waals surface area contributed by atoms with Crippen molar-refractivity contribution < 1.29 is 0 Å². The average Bonchev–Trinajstić information content (AvgIpc) is 3.18. The van der Waals surface area contributed by atoms with Gasteiger partial charge in [-0.25, -0.2) is 0 Å². The molecule has 6 nitrogen and oxygen atoms in total. The van der Waals surface area contributed by atoms with Crippen LogP contribution in [-0.4, -0.2) is 30.6 Å². The Morgan fingerprint density at radius 3 is 2.71 bits per heavy atom. The molecule has 0 aliphatic carbocycles. The second kappa shape index (κ2) is 6.97. The van der Waals surface area contributed by atoms with Crippen LogP contribution in [0.1, 0.15) is 31.0 Å². The molecule has 3 aromatic heterocycles. The minimum absolute atomic E-state index is 0.275.